The second-order valence-corrected chi connectivity index (χ2v) is 5.84. The Morgan fingerprint density at radius 1 is 0.962 bits per heavy atom. The zero-order valence-corrected chi connectivity index (χ0v) is 14.2. The van der Waals surface area contributed by atoms with Crippen molar-refractivity contribution < 1.29 is 4.79 Å². The number of rotatable bonds is 4. The summed E-state index contributed by atoms with van der Waals surface area (Å²) < 4.78 is 3.87. The summed E-state index contributed by atoms with van der Waals surface area (Å²) >= 11 is 0. The first-order valence-corrected chi connectivity index (χ1v) is 8.22. The van der Waals surface area contributed by atoms with Crippen LogP contribution in [0.1, 0.15) is 16.2 Å². The van der Waals surface area contributed by atoms with Gasteiger partial charge < -0.3 is 9.88 Å². The van der Waals surface area contributed by atoms with E-state index in [-0.39, 0.29) is 5.91 Å². The Morgan fingerprint density at radius 2 is 1.73 bits per heavy atom. The van der Waals surface area contributed by atoms with E-state index in [0.29, 0.717) is 11.3 Å². The second kappa shape index (κ2) is 6.68. The monoisotopic (exact) mass is 343 g/mol. The van der Waals surface area contributed by atoms with E-state index in [2.05, 4.69) is 15.3 Å². The SMILES string of the molecule is Cc1nccn1-c1ccc(NC(=O)c2ccc(-n3cccc3)cc2)cn1. The number of amides is 1. The highest BCUT2D eigenvalue weighted by Crippen LogP contribution is 2.14. The van der Waals surface area contributed by atoms with Crippen LogP contribution in [0.5, 0.6) is 0 Å². The van der Waals surface area contributed by atoms with Crippen LogP contribution in [0.2, 0.25) is 0 Å². The first-order valence-electron chi connectivity index (χ1n) is 8.22. The van der Waals surface area contributed by atoms with Crippen molar-refractivity contribution in [2.75, 3.05) is 5.32 Å². The van der Waals surface area contributed by atoms with E-state index in [1.807, 2.05) is 71.0 Å². The Hall–Kier alpha value is -3.67. The first-order chi connectivity index (χ1) is 12.7. The van der Waals surface area contributed by atoms with E-state index in [1.54, 1.807) is 24.5 Å². The molecule has 1 amide bonds. The predicted molar refractivity (Wildman–Crippen MR) is 99.8 cm³/mol. The molecule has 0 aliphatic carbocycles. The highest BCUT2D eigenvalue weighted by atomic mass is 16.1. The second-order valence-electron chi connectivity index (χ2n) is 5.84. The average molecular weight is 343 g/mol. The van der Waals surface area contributed by atoms with Crippen LogP contribution in [-0.4, -0.2) is 25.0 Å². The van der Waals surface area contributed by atoms with Gasteiger partial charge in [0, 0.05) is 36.0 Å². The zero-order chi connectivity index (χ0) is 17.9. The lowest BCUT2D eigenvalue weighted by Crippen LogP contribution is -2.12. The van der Waals surface area contributed by atoms with Gasteiger partial charge >= 0.3 is 0 Å². The van der Waals surface area contributed by atoms with E-state index in [1.165, 1.54) is 0 Å². The molecule has 0 fully saturated rings. The van der Waals surface area contributed by atoms with E-state index in [9.17, 15) is 4.79 Å². The van der Waals surface area contributed by atoms with Crippen molar-refractivity contribution in [1.29, 1.82) is 0 Å². The number of pyridine rings is 1. The van der Waals surface area contributed by atoms with E-state index in [4.69, 9.17) is 0 Å². The Labute approximate surface area is 150 Å². The van der Waals surface area contributed by atoms with Crippen LogP contribution in [0.3, 0.4) is 0 Å². The molecule has 1 aromatic carbocycles. The summed E-state index contributed by atoms with van der Waals surface area (Å²) in [6, 6.07) is 15.0. The molecule has 0 saturated heterocycles. The minimum Gasteiger partial charge on any atom is -0.324 e. The molecule has 1 N–H and O–H groups in total. The zero-order valence-electron chi connectivity index (χ0n) is 14.2. The first kappa shape index (κ1) is 15.8. The van der Waals surface area contributed by atoms with Crippen molar-refractivity contribution in [1.82, 2.24) is 19.1 Å². The third-order valence-corrected chi connectivity index (χ3v) is 4.11. The largest absolute Gasteiger partial charge is 0.324 e. The van der Waals surface area contributed by atoms with Gasteiger partial charge in [0.05, 0.1) is 11.9 Å². The number of nitrogens with one attached hydrogen (secondary N) is 1. The number of carbonyl (C=O) groups is 1. The number of anilines is 1. The van der Waals surface area contributed by atoms with Gasteiger partial charge in [-0.25, -0.2) is 9.97 Å². The van der Waals surface area contributed by atoms with Crippen LogP contribution in [-0.2, 0) is 0 Å². The summed E-state index contributed by atoms with van der Waals surface area (Å²) in [6.07, 6.45) is 9.14. The lowest BCUT2D eigenvalue weighted by atomic mass is 10.2. The summed E-state index contributed by atoms with van der Waals surface area (Å²) in [7, 11) is 0. The molecular formula is C20H17N5O. The summed E-state index contributed by atoms with van der Waals surface area (Å²) in [5.74, 6) is 1.45. The number of aromatic nitrogens is 4. The van der Waals surface area contributed by atoms with Gasteiger partial charge in [0.2, 0.25) is 0 Å². The number of hydrogen-bond acceptors (Lipinski definition) is 3. The molecule has 26 heavy (non-hydrogen) atoms. The van der Waals surface area contributed by atoms with Crippen molar-refractivity contribution in [2.24, 2.45) is 0 Å². The minimum absolute atomic E-state index is 0.169. The molecule has 0 bridgehead atoms. The average Bonchev–Trinajstić information content (AvgIpc) is 3.34. The van der Waals surface area contributed by atoms with Crippen LogP contribution < -0.4 is 5.32 Å². The summed E-state index contributed by atoms with van der Waals surface area (Å²) in [4.78, 5) is 21.0. The molecule has 128 valence electrons. The molecule has 0 unspecified atom stereocenters. The maximum absolute atomic E-state index is 12.4. The maximum atomic E-state index is 12.4. The van der Waals surface area contributed by atoms with E-state index < -0.39 is 0 Å². The molecule has 4 rings (SSSR count). The van der Waals surface area contributed by atoms with Gasteiger partial charge in [-0.05, 0) is 55.5 Å². The number of imidazole rings is 1. The molecule has 6 nitrogen and oxygen atoms in total. The lowest BCUT2D eigenvalue weighted by molar-refractivity contribution is 0.102. The van der Waals surface area contributed by atoms with Crippen molar-refractivity contribution in [3.05, 3.63) is 90.9 Å². The molecular weight excluding hydrogens is 326 g/mol. The van der Waals surface area contributed by atoms with Crippen molar-refractivity contribution in [3.63, 3.8) is 0 Å². The third kappa shape index (κ3) is 3.12. The van der Waals surface area contributed by atoms with E-state index in [0.717, 1.165) is 17.3 Å². The molecule has 3 aromatic heterocycles. The number of aryl methyl sites for hydroxylation is 1. The topological polar surface area (TPSA) is 64.7 Å². The lowest BCUT2D eigenvalue weighted by Gasteiger charge is -2.08. The van der Waals surface area contributed by atoms with Crippen molar-refractivity contribution in [3.8, 4) is 11.5 Å². The van der Waals surface area contributed by atoms with Crippen LogP contribution in [0.4, 0.5) is 5.69 Å². The van der Waals surface area contributed by atoms with Gasteiger partial charge in [-0.1, -0.05) is 0 Å². The fourth-order valence-electron chi connectivity index (χ4n) is 2.72. The van der Waals surface area contributed by atoms with Gasteiger partial charge in [0.15, 0.2) is 0 Å². The Kier molecular flexibility index (Phi) is 4.07. The molecule has 0 spiro atoms. The maximum Gasteiger partial charge on any atom is 0.255 e. The van der Waals surface area contributed by atoms with Crippen LogP contribution in [0.15, 0.2) is 79.5 Å². The number of benzene rings is 1. The fraction of sp³-hybridized carbons (Fsp3) is 0.0500. The number of nitrogens with zero attached hydrogens (tertiary/aromatic N) is 4. The van der Waals surface area contributed by atoms with Gasteiger partial charge in [-0.15, -0.1) is 0 Å². The normalized spacial score (nSPS) is 10.7. The molecule has 6 heteroatoms. The van der Waals surface area contributed by atoms with Crippen LogP contribution in [0, 0.1) is 6.92 Å². The molecule has 0 atom stereocenters. The molecule has 0 aliphatic rings. The van der Waals surface area contributed by atoms with E-state index >= 15 is 0 Å². The van der Waals surface area contributed by atoms with Crippen LogP contribution in [0.25, 0.3) is 11.5 Å². The molecule has 3 heterocycles. The molecule has 0 aliphatic heterocycles. The standard InChI is InChI=1S/C20H17N5O/c1-15-21-10-13-25(15)19-9-6-17(14-22-19)23-20(26)16-4-7-18(8-5-16)24-11-2-3-12-24/h2-14H,1H3,(H,23,26). The Balaban J connectivity index is 1.47. The smallest absolute Gasteiger partial charge is 0.255 e. The van der Waals surface area contributed by atoms with Crippen molar-refractivity contribution in [2.45, 2.75) is 6.92 Å². The number of hydrogen-bond donors (Lipinski definition) is 1. The summed E-state index contributed by atoms with van der Waals surface area (Å²) in [5, 5.41) is 2.87. The predicted octanol–water partition coefficient (Wildman–Crippen LogP) is 3.62. The molecule has 0 radical (unpaired) electrons. The fourth-order valence-corrected chi connectivity index (χ4v) is 2.72. The summed E-state index contributed by atoms with van der Waals surface area (Å²) in [6.45, 7) is 1.91. The Morgan fingerprint density at radius 3 is 2.35 bits per heavy atom. The highest BCUT2D eigenvalue weighted by Gasteiger charge is 2.08. The third-order valence-electron chi connectivity index (χ3n) is 4.11. The summed E-state index contributed by atoms with van der Waals surface area (Å²) in [5.41, 5.74) is 2.25. The Bertz CT molecular complexity index is 1020. The highest BCUT2D eigenvalue weighted by molar-refractivity contribution is 6.04. The van der Waals surface area contributed by atoms with Crippen molar-refractivity contribution >= 4 is 11.6 Å². The van der Waals surface area contributed by atoms with Crippen LogP contribution >= 0.6 is 0 Å². The van der Waals surface area contributed by atoms with Gasteiger partial charge in [0.1, 0.15) is 11.6 Å². The number of carbonyl (C=O) groups excluding carboxylic acids is 1. The van der Waals surface area contributed by atoms with Gasteiger partial charge in [-0.2, -0.15) is 0 Å². The van der Waals surface area contributed by atoms with Gasteiger partial charge in [0.25, 0.3) is 5.91 Å². The quantitative estimate of drug-likeness (QED) is 0.615. The molecule has 4 aromatic rings. The van der Waals surface area contributed by atoms with Gasteiger partial charge in [-0.3, -0.25) is 9.36 Å². The minimum atomic E-state index is -0.169. The molecule has 0 saturated carbocycles.